The summed E-state index contributed by atoms with van der Waals surface area (Å²) in [6.45, 7) is -0.575. The van der Waals surface area contributed by atoms with E-state index in [0.717, 1.165) is 6.07 Å². The Morgan fingerprint density at radius 2 is 2.06 bits per heavy atom. The van der Waals surface area contributed by atoms with Crippen molar-refractivity contribution in [3.05, 3.63) is 69.7 Å². The van der Waals surface area contributed by atoms with E-state index in [0.29, 0.717) is 5.56 Å². The molecule has 1 fully saturated rings. The normalized spacial score (nSPS) is 20.2. The van der Waals surface area contributed by atoms with E-state index in [1.165, 1.54) is 23.1 Å². The van der Waals surface area contributed by atoms with E-state index in [1.807, 2.05) is 0 Å². The number of hydrogen-bond acceptors (Lipinski definition) is 4. The molecule has 4 amide bonds. The van der Waals surface area contributed by atoms with Crippen molar-refractivity contribution in [3.8, 4) is 0 Å². The molecule has 2 aliphatic heterocycles. The third-order valence-electron chi connectivity index (χ3n) is 5.23. The minimum absolute atomic E-state index is 0.0203. The first-order valence-corrected chi connectivity index (χ1v) is 9.92. The van der Waals surface area contributed by atoms with Crippen molar-refractivity contribution in [3.63, 3.8) is 0 Å². The second kappa shape index (κ2) is 8.31. The Morgan fingerprint density at radius 3 is 2.81 bits per heavy atom. The molecular weight excluding hydrogens is 444 g/mol. The molecule has 1 unspecified atom stereocenters. The quantitative estimate of drug-likeness (QED) is 0.663. The summed E-state index contributed by atoms with van der Waals surface area (Å²) in [5, 5.41) is 1.78. The van der Waals surface area contributed by atoms with Crippen LogP contribution in [0.2, 0.25) is 6.43 Å². The Labute approximate surface area is 192 Å². The molecule has 7 nitrogen and oxygen atoms in total. The molecule has 0 bridgehead atoms. The lowest BCUT2D eigenvalue weighted by molar-refractivity contribution is -0.147. The number of fused-ring (bicyclic) bond motifs is 1. The molecule has 0 aromatic heterocycles. The second-order valence-electron chi connectivity index (χ2n) is 7.35. The number of carbonyl (C=O) groups is 4. The fourth-order valence-corrected chi connectivity index (χ4v) is 3.70. The van der Waals surface area contributed by atoms with Crippen molar-refractivity contribution in [2.24, 2.45) is 0 Å². The SMILES string of the molecule is [2H]c1cc(Cl)c([2H])c([2H])c1C(F)(F)C(=O)N([2H])Cc1ccc2c(c1)CN(C1CCC(=O)NC1=O)C2=O. The average Bonchev–Trinajstić information content (AvgIpc) is 3.12. The number of hydrogen-bond donors (Lipinski definition) is 2. The van der Waals surface area contributed by atoms with E-state index >= 15 is 0 Å². The number of halogens is 3. The largest absolute Gasteiger partial charge is 0.349 e. The van der Waals surface area contributed by atoms with Gasteiger partial charge in [-0.25, -0.2) is 0 Å². The van der Waals surface area contributed by atoms with Gasteiger partial charge in [-0.15, -0.1) is 0 Å². The van der Waals surface area contributed by atoms with Crippen LogP contribution in [-0.2, 0) is 33.4 Å². The lowest BCUT2D eigenvalue weighted by Gasteiger charge is -2.29. The molecule has 2 aromatic rings. The zero-order chi connectivity index (χ0) is 26.5. The first kappa shape index (κ1) is 17.3. The molecule has 0 saturated carbocycles. The summed E-state index contributed by atoms with van der Waals surface area (Å²) in [4.78, 5) is 50.1. The maximum Gasteiger partial charge on any atom is 0.349 e. The number of imide groups is 1. The highest BCUT2D eigenvalue weighted by Gasteiger charge is 2.41. The van der Waals surface area contributed by atoms with E-state index < -0.39 is 70.9 Å². The number of piperidine rings is 1. The summed E-state index contributed by atoms with van der Waals surface area (Å²) in [7, 11) is 0. The molecule has 2 heterocycles. The number of rotatable bonds is 5. The fourth-order valence-electron chi connectivity index (χ4n) is 3.59. The summed E-state index contributed by atoms with van der Waals surface area (Å²) < 4.78 is 60.8. The van der Waals surface area contributed by atoms with E-state index in [9.17, 15) is 28.0 Å². The molecule has 2 aliphatic rings. The van der Waals surface area contributed by atoms with Crippen molar-refractivity contribution in [1.29, 1.82) is 0 Å². The molecule has 32 heavy (non-hydrogen) atoms. The van der Waals surface area contributed by atoms with Crippen LogP contribution in [0.25, 0.3) is 0 Å². The minimum Gasteiger partial charge on any atom is -0.346 e. The number of nitrogens with one attached hydrogen (secondary N) is 2. The van der Waals surface area contributed by atoms with Crippen LogP contribution < -0.4 is 10.6 Å². The lowest BCUT2D eigenvalue weighted by Crippen LogP contribution is -2.52. The van der Waals surface area contributed by atoms with Gasteiger partial charge < -0.3 is 10.2 Å². The molecule has 10 heteroatoms. The van der Waals surface area contributed by atoms with Gasteiger partial charge in [-0.1, -0.05) is 35.8 Å². The summed E-state index contributed by atoms with van der Waals surface area (Å²) in [5.41, 5.74) is -0.328. The van der Waals surface area contributed by atoms with E-state index in [1.54, 1.807) is 0 Å². The van der Waals surface area contributed by atoms with Crippen LogP contribution in [0, 0.1) is 0 Å². The first-order chi connectivity index (χ1) is 16.8. The summed E-state index contributed by atoms with van der Waals surface area (Å²) in [5.74, 6) is -7.89. The number of carbonyl (C=O) groups excluding carboxylic acids is 4. The standard InChI is InChI=1S/C22H18ClF2N3O4/c23-15-4-2-14(3-5-15)22(24,25)21(32)26-10-12-1-6-16-13(9-12)11-28(20(16)31)17-7-8-18(29)27-19(17)30/h1-6,9,17H,7-8,10-11H2,(H,26,32)(H,27,29,30)/i2D,3D,4D/hD. The van der Waals surface area contributed by atoms with Gasteiger partial charge in [0.05, 0.1) is 4.11 Å². The van der Waals surface area contributed by atoms with Crippen LogP contribution in [0.1, 0.15) is 44.0 Å². The predicted molar refractivity (Wildman–Crippen MR) is 110 cm³/mol. The predicted octanol–water partition coefficient (Wildman–Crippen LogP) is 2.51. The number of benzene rings is 2. The van der Waals surface area contributed by atoms with Crippen LogP contribution in [0.4, 0.5) is 8.78 Å². The third-order valence-corrected chi connectivity index (χ3v) is 5.43. The van der Waals surface area contributed by atoms with E-state index in [-0.39, 0.29) is 35.8 Å². The smallest absolute Gasteiger partial charge is 0.346 e. The van der Waals surface area contributed by atoms with Gasteiger partial charge in [-0.2, -0.15) is 8.78 Å². The zero-order valence-corrected chi connectivity index (χ0v) is 17.1. The van der Waals surface area contributed by atoms with Crippen molar-refractivity contribution in [2.45, 2.75) is 37.9 Å². The highest BCUT2D eigenvalue weighted by atomic mass is 35.5. The van der Waals surface area contributed by atoms with Gasteiger partial charge in [-0.3, -0.25) is 24.5 Å². The number of alkyl halides is 2. The number of amides is 4. The third kappa shape index (κ3) is 4.08. The highest BCUT2D eigenvalue weighted by molar-refractivity contribution is 6.30. The Morgan fingerprint density at radius 1 is 1.28 bits per heavy atom. The second-order valence-corrected chi connectivity index (χ2v) is 7.76. The van der Waals surface area contributed by atoms with Crippen molar-refractivity contribution < 1.29 is 33.5 Å². The van der Waals surface area contributed by atoms with Gasteiger partial charge >= 0.3 is 5.92 Å². The topological polar surface area (TPSA) is 95.6 Å². The Kier molecular flexibility index (Phi) is 4.48. The van der Waals surface area contributed by atoms with Crippen LogP contribution >= 0.6 is 11.6 Å². The summed E-state index contributed by atoms with van der Waals surface area (Å²) in [6, 6.07) is 1.40. The van der Waals surface area contributed by atoms with Crippen LogP contribution in [0.15, 0.2) is 42.4 Å². The maximum atomic E-state index is 14.9. The van der Waals surface area contributed by atoms with Crippen molar-refractivity contribution in [2.75, 3.05) is 0 Å². The van der Waals surface area contributed by atoms with Crippen molar-refractivity contribution >= 4 is 35.2 Å². The molecule has 0 radical (unpaired) electrons. The van der Waals surface area contributed by atoms with Crippen molar-refractivity contribution in [1.82, 2.24) is 15.5 Å². The van der Waals surface area contributed by atoms with Gasteiger partial charge in [0.2, 0.25) is 11.8 Å². The van der Waals surface area contributed by atoms with Gasteiger partial charge in [0, 0.05) is 35.7 Å². The molecule has 2 N–H and O–H groups in total. The van der Waals surface area contributed by atoms with E-state index in [4.69, 9.17) is 17.1 Å². The monoisotopic (exact) mass is 465 g/mol. The summed E-state index contributed by atoms with van der Waals surface area (Å²) in [6.07, 6.45) is 0.253. The van der Waals surface area contributed by atoms with Crippen LogP contribution in [0.3, 0.4) is 0 Å². The molecule has 0 spiro atoms. The molecule has 0 aliphatic carbocycles. The highest BCUT2D eigenvalue weighted by Crippen LogP contribution is 2.30. The van der Waals surface area contributed by atoms with E-state index in [2.05, 4.69) is 5.32 Å². The molecule has 4 rings (SSSR count). The molecule has 1 saturated heterocycles. The Bertz CT molecular complexity index is 1330. The Hall–Kier alpha value is -3.33. The lowest BCUT2D eigenvalue weighted by atomic mass is 10.0. The van der Waals surface area contributed by atoms with Gasteiger partial charge in [0.15, 0.2) is 1.41 Å². The molecule has 2 aromatic carbocycles. The first-order valence-electron chi connectivity index (χ1n) is 11.5. The van der Waals surface area contributed by atoms with Crippen LogP contribution in [-0.4, -0.2) is 34.6 Å². The van der Waals surface area contributed by atoms with Gasteiger partial charge in [0.25, 0.3) is 11.8 Å². The fraction of sp³-hybridized carbons (Fsp3) is 0.273. The van der Waals surface area contributed by atoms with Gasteiger partial charge in [-0.05, 0) is 35.7 Å². The maximum absolute atomic E-state index is 14.9. The number of nitrogens with zero attached hydrogens (tertiary/aromatic N) is 1. The van der Waals surface area contributed by atoms with Crippen LogP contribution in [0.5, 0.6) is 0 Å². The van der Waals surface area contributed by atoms with Gasteiger partial charge in [0.1, 0.15) is 6.04 Å². The summed E-state index contributed by atoms with van der Waals surface area (Å²) >= 11 is 5.65. The molecular formula is C22H18ClF2N3O4. The zero-order valence-electron chi connectivity index (χ0n) is 20.4. The Balaban J connectivity index is 1.52. The average molecular weight is 466 g/mol. The minimum atomic E-state index is -4.44. The molecule has 1 atom stereocenters. The molecule has 166 valence electrons.